The first-order valence-electron chi connectivity index (χ1n) is 32.3. The maximum absolute atomic E-state index is 12.8. The molecular weight excluding hydrogens is 1240 g/mol. The predicted molar refractivity (Wildman–Crippen MR) is 326 cm³/mol. The van der Waals surface area contributed by atoms with Gasteiger partial charge in [0.05, 0.1) is 64.5 Å². The molecular formula is C59H111N7O27. The largest absolute Gasteiger partial charge is 0.396 e. The van der Waals surface area contributed by atoms with Crippen LogP contribution >= 0.6 is 0 Å². The van der Waals surface area contributed by atoms with Crippen LogP contribution < -0.4 is 37.2 Å². The average molecular weight is 1350 g/mol. The predicted octanol–water partition coefficient (Wildman–Crippen LogP) is -7.00. The average Bonchev–Trinajstić information content (AvgIpc) is 0.873. The lowest BCUT2D eigenvalue weighted by atomic mass is 9.97. The Morgan fingerprint density at radius 3 is 1.06 bits per heavy atom. The number of unbranched alkanes of at least 4 members (excludes halogenated alkanes) is 3. The van der Waals surface area contributed by atoms with Gasteiger partial charge < -0.3 is 141 Å². The molecule has 15 atom stereocenters. The van der Waals surface area contributed by atoms with Crippen molar-refractivity contribution < 1.29 is 133 Å². The van der Waals surface area contributed by atoms with Crippen LogP contribution in [0.2, 0.25) is 0 Å². The molecule has 93 heavy (non-hydrogen) atoms. The van der Waals surface area contributed by atoms with E-state index in [-0.39, 0.29) is 166 Å². The van der Waals surface area contributed by atoms with Crippen molar-refractivity contribution in [1.82, 2.24) is 37.2 Å². The second kappa shape index (κ2) is 49.4. The molecule has 0 aromatic carbocycles. The number of ether oxygens (including phenoxy) is 8. The quantitative estimate of drug-likeness (QED) is 0.0199. The molecule has 34 heteroatoms. The Labute approximate surface area is 543 Å². The van der Waals surface area contributed by atoms with Crippen LogP contribution in [0.4, 0.5) is 0 Å². The maximum Gasteiger partial charge on any atom is 0.222 e. The van der Waals surface area contributed by atoms with Crippen molar-refractivity contribution in [3.63, 3.8) is 0 Å². The van der Waals surface area contributed by atoms with Crippen molar-refractivity contribution in [1.29, 1.82) is 0 Å². The van der Waals surface area contributed by atoms with E-state index in [0.717, 1.165) is 0 Å². The molecule has 2 rings (SSSR count). The topological polar surface area (TPSA) is 523 Å². The molecule has 0 aliphatic carbocycles. The Balaban J connectivity index is 1.77. The monoisotopic (exact) mass is 1350 g/mol. The molecule has 544 valence electrons. The third-order valence-corrected chi connectivity index (χ3v) is 15.0. The van der Waals surface area contributed by atoms with Crippen LogP contribution in [0.3, 0.4) is 0 Å². The molecule has 15 unspecified atom stereocenters. The number of rotatable bonds is 54. The molecule has 0 radical (unpaired) electrons. The highest BCUT2D eigenvalue weighted by atomic mass is 16.7. The first-order valence-corrected chi connectivity index (χ1v) is 32.3. The Morgan fingerprint density at radius 2 is 0.742 bits per heavy atom. The smallest absolute Gasteiger partial charge is 0.222 e. The van der Waals surface area contributed by atoms with Gasteiger partial charge in [0.2, 0.25) is 35.4 Å². The van der Waals surface area contributed by atoms with Gasteiger partial charge in [0, 0.05) is 116 Å². The van der Waals surface area contributed by atoms with E-state index in [1.807, 2.05) is 13.8 Å². The SMILES string of the molecule is CC(C)NC(COCCC(=O)NCCCNC(=O)CCCCOC(O)C(O)C(O)C(O)C(C)CO)(COCCC(=O)NCCCNC(=O)CCCCOC1OC(CO)C(O)C(O)C1O)COCCC(=O)NCCCNC(=O)CCCCOC1OC(CO)C(O)C(O)C1O. The zero-order chi connectivity index (χ0) is 69.1. The van der Waals surface area contributed by atoms with Crippen LogP contribution in [-0.4, -0.2) is 318 Å². The van der Waals surface area contributed by atoms with Crippen molar-refractivity contribution in [3.05, 3.63) is 0 Å². The van der Waals surface area contributed by atoms with E-state index in [9.17, 15) is 90.0 Å². The minimum absolute atomic E-state index is 0.000130. The number of aliphatic hydroxyl groups is 13. The fourth-order valence-electron chi connectivity index (χ4n) is 9.41. The van der Waals surface area contributed by atoms with Crippen LogP contribution in [0.15, 0.2) is 0 Å². The van der Waals surface area contributed by atoms with Crippen LogP contribution in [0.25, 0.3) is 0 Å². The van der Waals surface area contributed by atoms with Gasteiger partial charge in [-0.25, -0.2) is 0 Å². The molecule has 0 saturated carbocycles. The Hall–Kier alpha value is -4.06. The first-order chi connectivity index (χ1) is 44.4. The number of carbonyl (C=O) groups excluding carboxylic acids is 6. The second-order valence-corrected chi connectivity index (χ2v) is 23.5. The lowest BCUT2D eigenvalue weighted by Gasteiger charge is -2.39. The Morgan fingerprint density at radius 1 is 0.409 bits per heavy atom. The van der Waals surface area contributed by atoms with Gasteiger partial charge >= 0.3 is 0 Å². The normalized spacial score (nSPS) is 23.8. The first kappa shape index (κ1) is 85.0. The van der Waals surface area contributed by atoms with Crippen LogP contribution in [-0.2, 0) is 66.7 Å². The van der Waals surface area contributed by atoms with Crippen LogP contribution in [0.1, 0.15) is 117 Å². The molecule has 0 aromatic heterocycles. The highest BCUT2D eigenvalue weighted by Gasteiger charge is 2.45. The van der Waals surface area contributed by atoms with Gasteiger partial charge in [-0.15, -0.1) is 0 Å². The molecule has 0 bridgehead atoms. The summed E-state index contributed by atoms with van der Waals surface area (Å²) in [6.07, 6.45) is -16.4. The van der Waals surface area contributed by atoms with Crippen molar-refractivity contribution in [3.8, 4) is 0 Å². The number of hydrogen-bond acceptors (Lipinski definition) is 28. The fraction of sp³-hybridized carbons (Fsp3) is 0.898. The molecule has 0 spiro atoms. The number of aliphatic hydroxyl groups excluding tert-OH is 13. The van der Waals surface area contributed by atoms with Gasteiger partial charge in [0.25, 0.3) is 0 Å². The molecule has 2 saturated heterocycles. The lowest BCUT2D eigenvalue weighted by Crippen LogP contribution is -2.59. The summed E-state index contributed by atoms with van der Waals surface area (Å²) in [5.74, 6) is -2.32. The van der Waals surface area contributed by atoms with Gasteiger partial charge in [0.1, 0.15) is 61.0 Å². The van der Waals surface area contributed by atoms with E-state index < -0.39 is 117 Å². The summed E-state index contributed by atoms with van der Waals surface area (Å²) in [4.78, 5) is 75.3. The highest BCUT2D eigenvalue weighted by molar-refractivity contribution is 5.78. The van der Waals surface area contributed by atoms with Crippen LogP contribution in [0.5, 0.6) is 0 Å². The number of carbonyl (C=O) groups is 6. The van der Waals surface area contributed by atoms with E-state index in [0.29, 0.717) is 70.9 Å². The third-order valence-electron chi connectivity index (χ3n) is 15.0. The number of nitrogens with one attached hydrogen (secondary N) is 7. The second-order valence-electron chi connectivity index (χ2n) is 23.5. The van der Waals surface area contributed by atoms with Crippen molar-refractivity contribution in [2.24, 2.45) is 5.92 Å². The van der Waals surface area contributed by atoms with Gasteiger partial charge in [-0.1, -0.05) is 20.8 Å². The van der Waals surface area contributed by atoms with E-state index in [4.69, 9.17) is 43.0 Å². The zero-order valence-electron chi connectivity index (χ0n) is 54.1. The summed E-state index contributed by atoms with van der Waals surface area (Å²) in [6.45, 7) is 5.51. The van der Waals surface area contributed by atoms with Crippen molar-refractivity contribution in [2.45, 2.75) is 215 Å². The number of amides is 6. The molecule has 20 N–H and O–H groups in total. The van der Waals surface area contributed by atoms with Gasteiger partial charge in [0.15, 0.2) is 18.9 Å². The summed E-state index contributed by atoms with van der Waals surface area (Å²) in [5, 5.41) is 148. The summed E-state index contributed by atoms with van der Waals surface area (Å²) < 4.78 is 44.7. The number of hydrogen-bond donors (Lipinski definition) is 20. The van der Waals surface area contributed by atoms with Gasteiger partial charge in [-0.3, -0.25) is 28.8 Å². The highest BCUT2D eigenvalue weighted by Crippen LogP contribution is 2.24. The van der Waals surface area contributed by atoms with Crippen molar-refractivity contribution >= 4 is 35.4 Å². The standard InChI is InChI=1S/C59H111N7O27/c1-37(2)66-59(34-86-28-16-44(73)63-22-10-19-60-41(70)13-4-7-25-89-56(85)53(82)50(79)47(76)38(3)31-67,35-87-29-17-45(74)64-23-11-20-61-42(71)14-5-8-26-90-57-54(83)51(80)48(77)39(32-68)92-57)36-88-30-18-46(75)65-24-12-21-62-43(72)15-6-9-27-91-58-55(84)52(81)49(78)40(33-69)93-58/h37-40,47-58,66-69,76-85H,4-36H2,1-3H3,(H,60,70)(H,61,71)(H,62,72)(H,63,73)(H,64,74)(H,65,75). The minimum atomic E-state index is -1.82. The Bertz CT molecular complexity index is 1950. The summed E-state index contributed by atoms with van der Waals surface area (Å²) >= 11 is 0. The van der Waals surface area contributed by atoms with E-state index in [1.54, 1.807) is 0 Å². The zero-order valence-corrected chi connectivity index (χ0v) is 54.1. The summed E-state index contributed by atoms with van der Waals surface area (Å²) in [5.41, 5.74) is -1.01. The van der Waals surface area contributed by atoms with Gasteiger partial charge in [-0.05, 0) is 57.8 Å². The minimum Gasteiger partial charge on any atom is -0.396 e. The Kier molecular flexibility index (Phi) is 45.2. The molecule has 2 aliphatic rings. The van der Waals surface area contributed by atoms with E-state index in [2.05, 4.69) is 37.2 Å². The molecule has 2 heterocycles. The summed E-state index contributed by atoms with van der Waals surface area (Å²) in [6, 6.07) is -0.131. The lowest BCUT2D eigenvalue weighted by molar-refractivity contribution is -0.301. The van der Waals surface area contributed by atoms with Crippen molar-refractivity contribution in [2.75, 3.05) is 119 Å². The molecule has 0 aromatic rings. The molecule has 2 aliphatic heterocycles. The molecule has 6 amide bonds. The molecule has 34 nitrogen and oxygen atoms in total. The molecule has 2 fully saturated rings. The summed E-state index contributed by atoms with van der Waals surface area (Å²) in [7, 11) is 0. The van der Waals surface area contributed by atoms with Gasteiger partial charge in [-0.2, -0.15) is 0 Å². The van der Waals surface area contributed by atoms with E-state index >= 15 is 0 Å². The third kappa shape index (κ3) is 35.7. The van der Waals surface area contributed by atoms with Crippen LogP contribution in [0, 0.1) is 5.92 Å². The fourth-order valence-corrected chi connectivity index (χ4v) is 9.41. The maximum atomic E-state index is 12.8. The van der Waals surface area contributed by atoms with E-state index in [1.165, 1.54) is 6.92 Å².